The van der Waals surface area contributed by atoms with Crippen LogP contribution in [-0.2, 0) is 28.8 Å². The van der Waals surface area contributed by atoms with E-state index in [-0.39, 0.29) is 74.0 Å². The minimum absolute atomic E-state index is 0.0423. The lowest BCUT2D eigenvalue weighted by molar-refractivity contribution is -0.138. The summed E-state index contributed by atoms with van der Waals surface area (Å²) in [6, 6.07) is -1.41. The number of rotatable bonds is 20. The van der Waals surface area contributed by atoms with Crippen molar-refractivity contribution in [2.75, 3.05) is 13.1 Å². The molecule has 0 aromatic rings. The number of nitrogens with one attached hydrogen (secondary N) is 4. The van der Waals surface area contributed by atoms with Gasteiger partial charge in [0.2, 0.25) is 23.6 Å². The van der Waals surface area contributed by atoms with Crippen LogP contribution in [0.2, 0.25) is 0 Å². The molecule has 0 radical (unpaired) electrons. The summed E-state index contributed by atoms with van der Waals surface area (Å²) < 4.78 is 0. The third-order valence-corrected chi connectivity index (χ3v) is 5.57. The minimum atomic E-state index is -0.970. The second-order valence-corrected chi connectivity index (χ2v) is 9.72. The van der Waals surface area contributed by atoms with E-state index in [4.69, 9.17) is 10.2 Å². The fraction of sp³-hybridized carbons (Fsp3) is 0.760. The van der Waals surface area contributed by atoms with Gasteiger partial charge in [0, 0.05) is 38.8 Å². The Kier molecular flexibility index (Phi) is 17.4. The lowest BCUT2D eigenvalue weighted by Gasteiger charge is -2.22. The van der Waals surface area contributed by atoms with Crippen LogP contribution in [0.3, 0.4) is 0 Å². The van der Waals surface area contributed by atoms with E-state index >= 15 is 0 Å². The molecule has 0 saturated heterocycles. The second-order valence-electron chi connectivity index (χ2n) is 9.72. The van der Waals surface area contributed by atoms with Crippen LogP contribution in [0.25, 0.3) is 0 Å². The fourth-order valence-electron chi connectivity index (χ4n) is 3.43. The first kappa shape index (κ1) is 33.8. The Hall–Kier alpha value is -3.18. The smallest absolute Gasteiger partial charge is 0.303 e. The number of carboxylic acid groups (broad SMARTS) is 2. The zero-order chi connectivity index (χ0) is 28.4. The van der Waals surface area contributed by atoms with Crippen molar-refractivity contribution in [1.82, 2.24) is 21.3 Å². The van der Waals surface area contributed by atoms with E-state index in [0.29, 0.717) is 25.9 Å². The fourth-order valence-corrected chi connectivity index (χ4v) is 3.43. The van der Waals surface area contributed by atoms with Gasteiger partial charge in [-0.2, -0.15) is 0 Å². The van der Waals surface area contributed by atoms with Crippen LogP contribution in [0.5, 0.6) is 0 Å². The van der Waals surface area contributed by atoms with Gasteiger partial charge in [0.05, 0.1) is 0 Å². The van der Waals surface area contributed by atoms with Crippen molar-refractivity contribution in [3.8, 4) is 0 Å². The summed E-state index contributed by atoms with van der Waals surface area (Å²) in [4.78, 5) is 70.1. The van der Waals surface area contributed by atoms with E-state index < -0.39 is 24.0 Å². The Morgan fingerprint density at radius 3 is 1.19 bits per heavy atom. The monoisotopic (exact) mass is 528 g/mol. The maximum absolute atomic E-state index is 12.5. The van der Waals surface area contributed by atoms with E-state index in [1.807, 2.05) is 27.7 Å². The Morgan fingerprint density at radius 1 is 0.541 bits per heavy atom. The van der Waals surface area contributed by atoms with Crippen LogP contribution in [-0.4, -0.2) is 71.0 Å². The molecular weight excluding hydrogens is 484 g/mol. The summed E-state index contributed by atoms with van der Waals surface area (Å²) >= 11 is 0. The molecule has 2 atom stereocenters. The lowest BCUT2D eigenvalue weighted by Crippen LogP contribution is -2.50. The lowest BCUT2D eigenvalue weighted by atomic mass is 10.0. The van der Waals surface area contributed by atoms with Crippen molar-refractivity contribution >= 4 is 35.6 Å². The summed E-state index contributed by atoms with van der Waals surface area (Å²) in [6.07, 6.45) is 2.38. The number of hydrogen-bond donors (Lipinski definition) is 6. The van der Waals surface area contributed by atoms with E-state index in [2.05, 4.69) is 21.3 Å². The maximum atomic E-state index is 12.5. The first-order valence-corrected chi connectivity index (χ1v) is 12.9. The third-order valence-electron chi connectivity index (χ3n) is 5.57. The molecule has 4 amide bonds. The predicted molar refractivity (Wildman–Crippen MR) is 136 cm³/mol. The molecule has 0 aromatic carbocycles. The van der Waals surface area contributed by atoms with Crippen LogP contribution >= 0.6 is 0 Å². The molecule has 37 heavy (non-hydrogen) atoms. The molecule has 0 aliphatic rings. The first-order valence-electron chi connectivity index (χ1n) is 12.9. The van der Waals surface area contributed by atoms with Gasteiger partial charge in [-0.25, -0.2) is 0 Å². The Balaban J connectivity index is 4.26. The average molecular weight is 529 g/mol. The van der Waals surface area contributed by atoms with Crippen molar-refractivity contribution in [3.05, 3.63) is 0 Å². The molecule has 12 nitrogen and oxygen atoms in total. The van der Waals surface area contributed by atoms with Gasteiger partial charge in [0.1, 0.15) is 12.1 Å². The standard InChI is InChI=1S/C25H44N4O8/c1-16(2)22(28-18(30)10-8-12-20(32)33)24(36)26-14-6-5-7-15-27-25(37)23(17(3)4)29-19(31)11-9-13-21(34)35/h16-17,22-23H,5-15H2,1-4H3,(H,26,36)(H,27,37)(H,28,30)(H,29,31)(H,32,33)(H,34,35)/t22-,23-/m0/s1. The molecular formula is C25H44N4O8. The van der Waals surface area contributed by atoms with Gasteiger partial charge in [-0.1, -0.05) is 27.7 Å². The molecule has 0 aromatic heterocycles. The van der Waals surface area contributed by atoms with Gasteiger partial charge >= 0.3 is 11.9 Å². The summed E-state index contributed by atoms with van der Waals surface area (Å²) in [5.41, 5.74) is 0. The Morgan fingerprint density at radius 2 is 0.892 bits per heavy atom. The molecule has 0 heterocycles. The summed E-state index contributed by atoms with van der Waals surface area (Å²) in [5.74, 6) is -3.52. The molecule has 0 saturated carbocycles. The van der Waals surface area contributed by atoms with Gasteiger partial charge in [0.25, 0.3) is 0 Å². The maximum Gasteiger partial charge on any atom is 0.303 e. The molecule has 0 rings (SSSR count). The molecule has 6 N–H and O–H groups in total. The normalized spacial score (nSPS) is 12.5. The predicted octanol–water partition coefficient (Wildman–Crippen LogP) is 1.18. The average Bonchev–Trinajstić information content (AvgIpc) is 2.79. The highest BCUT2D eigenvalue weighted by molar-refractivity contribution is 5.88. The molecule has 0 bridgehead atoms. The molecule has 0 aliphatic carbocycles. The second kappa shape index (κ2) is 19.0. The number of amides is 4. The van der Waals surface area contributed by atoms with Crippen LogP contribution < -0.4 is 21.3 Å². The highest BCUT2D eigenvalue weighted by Gasteiger charge is 2.25. The summed E-state index contributed by atoms with van der Waals surface area (Å²) in [6.45, 7) is 8.07. The first-order chi connectivity index (χ1) is 17.3. The van der Waals surface area contributed by atoms with Crippen molar-refractivity contribution in [3.63, 3.8) is 0 Å². The number of carboxylic acids is 2. The van der Waals surface area contributed by atoms with Gasteiger partial charge in [0.15, 0.2) is 0 Å². The number of hydrogen-bond acceptors (Lipinski definition) is 6. The van der Waals surface area contributed by atoms with Crippen LogP contribution in [0.1, 0.15) is 85.5 Å². The van der Waals surface area contributed by atoms with Crippen molar-refractivity contribution in [2.24, 2.45) is 11.8 Å². The van der Waals surface area contributed by atoms with Gasteiger partial charge in [-0.15, -0.1) is 0 Å². The minimum Gasteiger partial charge on any atom is -0.481 e. The van der Waals surface area contributed by atoms with Crippen LogP contribution in [0, 0.1) is 11.8 Å². The van der Waals surface area contributed by atoms with Crippen LogP contribution in [0.4, 0.5) is 0 Å². The van der Waals surface area contributed by atoms with E-state index in [9.17, 15) is 28.8 Å². The third kappa shape index (κ3) is 17.0. The van der Waals surface area contributed by atoms with Gasteiger partial charge in [-0.3, -0.25) is 28.8 Å². The Bertz CT molecular complexity index is 708. The van der Waals surface area contributed by atoms with Gasteiger partial charge < -0.3 is 31.5 Å². The SMILES string of the molecule is CC(C)[C@H](NC(=O)CCCC(=O)O)C(=O)NCCCCCNC(=O)[C@@H](NC(=O)CCCC(=O)O)C(C)C. The zero-order valence-electron chi connectivity index (χ0n) is 22.4. The highest BCUT2D eigenvalue weighted by atomic mass is 16.4. The number of carbonyl (C=O) groups is 6. The van der Waals surface area contributed by atoms with E-state index in [0.717, 1.165) is 6.42 Å². The number of carbonyl (C=O) groups excluding carboxylic acids is 4. The zero-order valence-corrected chi connectivity index (χ0v) is 22.4. The summed E-state index contributed by atoms with van der Waals surface area (Å²) in [7, 11) is 0. The molecule has 12 heteroatoms. The van der Waals surface area contributed by atoms with E-state index in [1.54, 1.807) is 0 Å². The molecule has 0 unspecified atom stereocenters. The molecule has 0 aliphatic heterocycles. The van der Waals surface area contributed by atoms with Crippen molar-refractivity contribution in [1.29, 1.82) is 0 Å². The van der Waals surface area contributed by atoms with Crippen LogP contribution in [0.15, 0.2) is 0 Å². The Labute approximate surface area is 218 Å². The number of aliphatic carboxylic acids is 2. The van der Waals surface area contributed by atoms with Crippen molar-refractivity contribution in [2.45, 2.75) is 97.6 Å². The van der Waals surface area contributed by atoms with E-state index in [1.165, 1.54) is 0 Å². The quantitative estimate of drug-likeness (QED) is 0.127. The number of unbranched alkanes of at least 4 members (excludes halogenated alkanes) is 2. The van der Waals surface area contributed by atoms with Crippen molar-refractivity contribution < 1.29 is 39.0 Å². The van der Waals surface area contributed by atoms with Gasteiger partial charge in [-0.05, 0) is 43.9 Å². The molecule has 0 fully saturated rings. The largest absolute Gasteiger partial charge is 0.481 e. The molecule has 0 spiro atoms. The topological polar surface area (TPSA) is 191 Å². The highest BCUT2D eigenvalue weighted by Crippen LogP contribution is 2.06. The molecule has 212 valence electrons. The summed E-state index contributed by atoms with van der Waals surface area (Å²) in [5, 5.41) is 28.2.